The van der Waals surface area contributed by atoms with E-state index < -0.39 is 0 Å². The first-order valence-electron chi connectivity index (χ1n) is 6.37. The molecule has 1 aromatic carbocycles. The van der Waals surface area contributed by atoms with E-state index in [0.29, 0.717) is 6.61 Å². The molecule has 3 heteroatoms. The van der Waals surface area contributed by atoms with E-state index in [1.54, 1.807) is 0 Å². The lowest BCUT2D eigenvalue weighted by molar-refractivity contribution is -0.900. The van der Waals surface area contributed by atoms with Crippen molar-refractivity contribution in [1.82, 2.24) is 0 Å². The van der Waals surface area contributed by atoms with Gasteiger partial charge in [0.15, 0.2) is 0 Å². The van der Waals surface area contributed by atoms with Gasteiger partial charge >= 0.3 is 0 Å². The second-order valence-corrected chi connectivity index (χ2v) is 5.23. The van der Waals surface area contributed by atoms with Gasteiger partial charge in [-0.1, -0.05) is 18.2 Å². The van der Waals surface area contributed by atoms with Gasteiger partial charge in [-0.05, 0) is 12.1 Å². The molecule has 0 bridgehead atoms. The fraction of sp³-hybridized carbons (Fsp3) is 0.571. The predicted octanol–water partition coefficient (Wildman–Crippen LogP) is 1.67. The van der Waals surface area contributed by atoms with Gasteiger partial charge in [0.1, 0.15) is 25.0 Å². The van der Waals surface area contributed by atoms with Crippen LogP contribution in [0.5, 0.6) is 5.75 Å². The number of para-hydroxylation sites is 1. The number of likely N-dealkylation sites (tertiary alicyclic amines) is 1. The van der Waals surface area contributed by atoms with Crippen LogP contribution in [0.4, 0.5) is 0 Å². The zero-order chi connectivity index (χ0) is 12.1. The van der Waals surface area contributed by atoms with Crippen LogP contribution in [0.1, 0.15) is 12.8 Å². The molecular weight excluding hydrogens is 214 g/mol. The van der Waals surface area contributed by atoms with Crippen LogP contribution in [0, 0.1) is 0 Å². The van der Waals surface area contributed by atoms with E-state index in [-0.39, 0.29) is 6.10 Å². The van der Waals surface area contributed by atoms with E-state index in [0.717, 1.165) is 16.8 Å². The van der Waals surface area contributed by atoms with Crippen molar-refractivity contribution in [3.63, 3.8) is 0 Å². The minimum Gasteiger partial charge on any atom is -0.491 e. The van der Waals surface area contributed by atoms with Gasteiger partial charge in [0, 0.05) is 12.8 Å². The summed E-state index contributed by atoms with van der Waals surface area (Å²) in [5, 5.41) is 10.00. The Morgan fingerprint density at radius 1 is 1.24 bits per heavy atom. The summed E-state index contributed by atoms with van der Waals surface area (Å²) in [6.07, 6.45) is 2.18. The Bertz CT molecular complexity index is 333. The Kier molecular flexibility index (Phi) is 4.02. The summed E-state index contributed by atoms with van der Waals surface area (Å²) in [5.41, 5.74) is 0. The summed E-state index contributed by atoms with van der Waals surface area (Å²) in [7, 11) is 2.22. The molecule has 94 valence electrons. The Hall–Kier alpha value is -1.06. The molecule has 1 aliphatic heterocycles. The van der Waals surface area contributed by atoms with Crippen LogP contribution in [0.25, 0.3) is 0 Å². The summed E-state index contributed by atoms with van der Waals surface area (Å²) < 4.78 is 6.55. The number of nitrogens with zero attached hydrogens (tertiary/aromatic N) is 1. The van der Waals surface area contributed by atoms with Crippen molar-refractivity contribution in [2.75, 3.05) is 33.3 Å². The number of ether oxygens (including phenoxy) is 1. The molecule has 2 rings (SSSR count). The van der Waals surface area contributed by atoms with Gasteiger partial charge in [-0.3, -0.25) is 0 Å². The fourth-order valence-corrected chi connectivity index (χ4v) is 2.55. The molecule has 1 aromatic rings. The number of aliphatic hydroxyl groups is 1. The van der Waals surface area contributed by atoms with Crippen LogP contribution < -0.4 is 4.74 Å². The van der Waals surface area contributed by atoms with Gasteiger partial charge < -0.3 is 14.3 Å². The van der Waals surface area contributed by atoms with Gasteiger partial charge in [-0.15, -0.1) is 0 Å². The average Bonchev–Trinajstić information content (AvgIpc) is 2.74. The second kappa shape index (κ2) is 5.52. The smallest absolute Gasteiger partial charge is 0.137 e. The van der Waals surface area contributed by atoms with Gasteiger partial charge in [0.25, 0.3) is 0 Å². The SMILES string of the molecule is C[N+]1(C[C@@H](O)COc2ccccc2)CCCC1. The van der Waals surface area contributed by atoms with Crippen molar-refractivity contribution in [3.05, 3.63) is 30.3 Å². The Balaban J connectivity index is 1.76. The van der Waals surface area contributed by atoms with Crippen LogP contribution in [-0.2, 0) is 0 Å². The minimum absolute atomic E-state index is 0.377. The molecule has 1 aliphatic rings. The molecule has 0 aromatic heterocycles. The zero-order valence-electron chi connectivity index (χ0n) is 10.5. The molecule has 0 amide bonds. The first-order valence-corrected chi connectivity index (χ1v) is 6.37. The van der Waals surface area contributed by atoms with Crippen LogP contribution in [0.3, 0.4) is 0 Å². The molecule has 1 saturated heterocycles. The van der Waals surface area contributed by atoms with Gasteiger partial charge in [0.2, 0.25) is 0 Å². The molecule has 3 nitrogen and oxygen atoms in total. The quantitative estimate of drug-likeness (QED) is 0.788. The lowest BCUT2D eigenvalue weighted by atomic mass is 10.3. The number of quaternary nitrogens is 1. The molecule has 0 radical (unpaired) electrons. The second-order valence-electron chi connectivity index (χ2n) is 5.23. The Morgan fingerprint density at radius 3 is 2.53 bits per heavy atom. The van der Waals surface area contributed by atoms with Crippen molar-refractivity contribution >= 4 is 0 Å². The van der Waals surface area contributed by atoms with E-state index >= 15 is 0 Å². The number of aliphatic hydroxyl groups excluding tert-OH is 1. The molecule has 1 atom stereocenters. The van der Waals surface area contributed by atoms with E-state index in [4.69, 9.17) is 4.74 Å². The van der Waals surface area contributed by atoms with Crippen LogP contribution in [0.15, 0.2) is 30.3 Å². The maximum absolute atomic E-state index is 10.00. The highest BCUT2D eigenvalue weighted by atomic mass is 16.5. The van der Waals surface area contributed by atoms with Crippen molar-refractivity contribution in [3.8, 4) is 5.75 Å². The largest absolute Gasteiger partial charge is 0.491 e. The predicted molar refractivity (Wildman–Crippen MR) is 68.0 cm³/mol. The van der Waals surface area contributed by atoms with Crippen LogP contribution in [-0.4, -0.2) is 49.0 Å². The molecule has 1 fully saturated rings. The summed E-state index contributed by atoms with van der Waals surface area (Å²) in [6, 6.07) is 9.67. The van der Waals surface area contributed by atoms with Crippen molar-refractivity contribution in [2.24, 2.45) is 0 Å². The molecule has 0 aliphatic carbocycles. The molecule has 1 N–H and O–H groups in total. The van der Waals surface area contributed by atoms with E-state index in [1.807, 2.05) is 30.3 Å². The number of hydrogen-bond acceptors (Lipinski definition) is 2. The molecule has 17 heavy (non-hydrogen) atoms. The summed E-state index contributed by atoms with van der Waals surface area (Å²) in [5.74, 6) is 0.829. The standard InChI is InChI=1S/C14H22NO2/c1-15(9-5-6-10-15)11-13(16)12-17-14-7-3-2-4-8-14/h2-4,7-8,13,16H,5-6,9-12H2,1H3/q+1/t13-/m1/s1. The fourth-order valence-electron chi connectivity index (χ4n) is 2.55. The monoisotopic (exact) mass is 236 g/mol. The van der Waals surface area contributed by atoms with Crippen molar-refractivity contribution in [2.45, 2.75) is 18.9 Å². The summed E-state index contributed by atoms with van der Waals surface area (Å²) >= 11 is 0. The van der Waals surface area contributed by atoms with E-state index in [2.05, 4.69) is 7.05 Å². The molecule has 1 heterocycles. The van der Waals surface area contributed by atoms with Crippen molar-refractivity contribution < 1.29 is 14.3 Å². The molecule has 0 unspecified atom stereocenters. The molecule has 0 saturated carbocycles. The molecular formula is C14H22NO2+. The highest BCUT2D eigenvalue weighted by Crippen LogP contribution is 2.17. The third-order valence-electron chi connectivity index (χ3n) is 3.48. The van der Waals surface area contributed by atoms with Gasteiger partial charge in [-0.2, -0.15) is 0 Å². The summed E-state index contributed by atoms with van der Waals surface area (Å²) in [6.45, 7) is 3.55. The average molecular weight is 236 g/mol. The third-order valence-corrected chi connectivity index (χ3v) is 3.48. The first-order chi connectivity index (χ1) is 8.18. The van der Waals surface area contributed by atoms with Gasteiger partial charge in [0.05, 0.1) is 20.1 Å². The normalized spacial score (nSPS) is 20.1. The number of hydrogen-bond donors (Lipinski definition) is 1. The number of likely N-dealkylation sites (N-methyl/N-ethyl adjacent to an activating group) is 1. The number of rotatable bonds is 5. The number of benzene rings is 1. The topological polar surface area (TPSA) is 29.5 Å². The van der Waals surface area contributed by atoms with Crippen molar-refractivity contribution in [1.29, 1.82) is 0 Å². The van der Waals surface area contributed by atoms with Crippen LogP contribution >= 0.6 is 0 Å². The lowest BCUT2D eigenvalue weighted by Gasteiger charge is -2.31. The van der Waals surface area contributed by atoms with Crippen LogP contribution in [0.2, 0.25) is 0 Å². The Morgan fingerprint density at radius 2 is 1.88 bits per heavy atom. The van der Waals surface area contributed by atoms with E-state index in [9.17, 15) is 5.11 Å². The minimum atomic E-state index is -0.377. The highest BCUT2D eigenvalue weighted by Gasteiger charge is 2.29. The summed E-state index contributed by atoms with van der Waals surface area (Å²) in [4.78, 5) is 0. The van der Waals surface area contributed by atoms with Gasteiger partial charge in [-0.25, -0.2) is 0 Å². The third kappa shape index (κ3) is 3.72. The molecule has 0 spiro atoms. The maximum atomic E-state index is 10.00. The highest BCUT2D eigenvalue weighted by molar-refractivity contribution is 5.20. The Labute approximate surface area is 103 Å². The lowest BCUT2D eigenvalue weighted by Crippen LogP contribution is -2.47. The van der Waals surface area contributed by atoms with E-state index in [1.165, 1.54) is 25.9 Å². The zero-order valence-corrected chi connectivity index (χ0v) is 10.5. The maximum Gasteiger partial charge on any atom is 0.137 e. The first kappa shape index (κ1) is 12.4.